The summed E-state index contributed by atoms with van der Waals surface area (Å²) in [6, 6.07) is 0. The number of phosphoric ester groups is 2. The van der Waals surface area contributed by atoms with Crippen LogP contribution >= 0.6 is 15.6 Å². The molecule has 0 spiro atoms. The number of phosphoric acid groups is 2. The number of aliphatic hydroxyl groups excluding tert-OH is 1. The molecular weight excluding hydrogens is 1400 g/mol. The van der Waals surface area contributed by atoms with Gasteiger partial charge in [0.05, 0.1) is 26.4 Å². The number of allylic oxidation sites excluding steroid dienone is 22. The summed E-state index contributed by atoms with van der Waals surface area (Å²) in [5.74, 6) is -2.24. The van der Waals surface area contributed by atoms with E-state index in [2.05, 4.69) is 161 Å². The standard InChI is InChI=1S/C89H152O17P2/c1-5-9-13-17-21-25-29-33-37-39-41-43-47-49-53-57-61-65-69-73-86(91)99-79-84(105-88(93)75-71-67-63-59-55-51-45-35-31-27-23-19-15-11-7-3)81-103-107(95,96)101-77-83(90)78-102-108(97,98)104-82-85(106-89(94)76-72-68-64-60-56-52-46-36-32-28-24-20-16-12-8-4)80-100-87(92)74-70-66-62-58-54-50-48-44-42-40-38-34-30-26-22-18-14-10-6-2/h9-10,13-14,21-22,25-26,33-38,41-46,49,53,83-85,90H,5-8,11-12,15-20,23-24,27-32,39-40,47-48,50-52,54-82H2,1-4H3,(H,95,96)(H,97,98)/b13-9-,14-10-,25-21-,26-22-,37-33-,38-34-,43-41-,44-42-,45-35-,46-36-,53-49-. The maximum absolute atomic E-state index is 13.1. The van der Waals surface area contributed by atoms with Gasteiger partial charge in [-0.2, -0.15) is 0 Å². The SMILES string of the molecule is CC/C=C\C/C=C\C/C=C\C/C=C\C/C=C\CCCCCC(=O)OCC(COP(=O)(O)OCC(O)COP(=O)(O)OCC(COC(=O)CCCCCCCC/C=C\C/C=C\C/C=C\C/C=C\CC)OC(=O)CCCCCCC/C=C\CCCCCCCC)OC(=O)CCCCCCC/C=C\CCCCCCCC. The Hall–Kier alpha value is -4.80. The quantitative estimate of drug-likeness (QED) is 0.0169. The van der Waals surface area contributed by atoms with Gasteiger partial charge in [-0.3, -0.25) is 37.3 Å². The highest BCUT2D eigenvalue weighted by atomic mass is 31.2. The highest BCUT2D eigenvalue weighted by Gasteiger charge is 2.30. The zero-order chi connectivity index (χ0) is 78.9. The van der Waals surface area contributed by atoms with E-state index in [1.54, 1.807) is 0 Å². The molecule has 19 heteroatoms. The van der Waals surface area contributed by atoms with Gasteiger partial charge in [0.2, 0.25) is 0 Å². The van der Waals surface area contributed by atoms with Crippen molar-refractivity contribution < 1.29 is 80.2 Å². The van der Waals surface area contributed by atoms with Crippen LogP contribution in [0.3, 0.4) is 0 Å². The Labute approximate surface area is 656 Å². The number of esters is 4. The van der Waals surface area contributed by atoms with Crippen LogP contribution in [0, 0.1) is 0 Å². The maximum atomic E-state index is 13.1. The predicted octanol–water partition coefficient (Wildman–Crippen LogP) is 25.2. The summed E-state index contributed by atoms with van der Waals surface area (Å²) in [5, 5.41) is 10.7. The molecule has 620 valence electrons. The van der Waals surface area contributed by atoms with Crippen molar-refractivity contribution >= 4 is 39.5 Å². The van der Waals surface area contributed by atoms with Crippen molar-refractivity contribution in [3.8, 4) is 0 Å². The first kappa shape index (κ1) is 103. The van der Waals surface area contributed by atoms with E-state index in [4.69, 9.17) is 37.0 Å². The van der Waals surface area contributed by atoms with E-state index in [1.807, 2.05) is 0 Å². The van der Waals surface area contributed by atoms with Crippen LogP contribution < -0.4 is 0 Å². The largest absolute Gasteiger partial charge is 0.472 e. The van der Waals surface area contributed by atoms with Crippen LogP contribution in [0.25, 0.3) is 0 Å². The Morgan fingerprint density at radius 2 is 0.481 bits per heavy atom. The molecule has 5 atom stereocenters. The first-order valence-corrected chi connectivity index (χ1v) is 45.4. The van der Waals surface area contributed by atoms with Crippen LogP contribution in [0.4, 0.5) is 0 Å². The lowest BCUT2D eigenvalue weighted by Crippen LogP contribution is -2.30. The predicted molar refractivity (Wildman–Crippen MR) is 445 cm³/mol. The third-order valence-corrected chi connectivity index (χ3v) is 19.5. The number of carbonyl (C=O) groups excluding carboxylic acids is 4. The van der Waals surface area contributed by atoms with Gasteiger partial charge >= 0.3 is 39.5 Å². The normalized spacial score (nSPS) is 14.5. The minimum atomic E-state index is -4.99. The second kappa shape index (κ2) is 80.3. The molecule has 0 aromatic carbocycles. The molecule has 0 aromatic heterocycles. The minimum absolute atomic E-state index is 0.0751. The minimum Gasteiger partial charge on any atom is -0.462 e. The summed E-state index contributed by atoms with van der Waals surface area (Å²) < 4.78 is 68.8. The van der Waals surface area contributed by atoms with Crippen LogP contribution in [0.1, 0.15) is 349 Å². The molecule has 0 aliphatic rings. The number of carbonyl (C=O) groups is 4. The van der Waals surface area contributed by atoms with E-state index in [-0.39, 0.29) is 25.7 Å². The van der Waals surface area contributed by atoms with Crippen molar-refractivity contribution in [1.82, 2.24) is 0 Å². The molecule has 17 nitrogen and oxygen atoms in total. The summed E-state index contributed by atoms with van der Waals surface area (Å²) in [6.07, 6.45) is 91.2. The molecule has 0 saturated carbocycles. The molecule has 0 aliphatic carbocycles. The molecule has 0 saturated heterocycles. The summed E-state index contributed by atoms with van der Waals surface area (Å²) >= 11 is 0. The molecule has 3 N–H and O–H groups in total. The number of hydrogen-bond donors (Lipinski definition) is 3. The fraction of sp³-hybridized carbons (Fsp3) is 0.708. The number of hydrogen-bond acceptors (Lipinski definition) is 15. The highest BCUT2D eigenvalue weighted by Crippen LogP contribution is 2.45. The molecule has 0 rings (SSSR count). The Bertz CT molecular complexity index is 2560. The number of ether oxygens (including phenoxy) is 4. The molecule has 0 amide bonds. The zero-order valence-corrected chi connectivity index (χ0v) is 69.8. The summed E-state index contributed by atoms with van der Waals surface area (Å²) in [5.41, 5.74) is 0. The van der Waals surface area contributed by atoms with Gasteiger partial charge in [0.25, 0.3) is 0 Å². The van der Waals surface area contributed by atoms with Gasteiger partial charge in [0, 0.05) is 25.7 Å². The van der Waals surface area contributed by atoms with Crippen LogP contribution in [-0.2, 0) is 65.4 Å². The van der Waals surface area contributed by atoms with Crippen molar-refractivity contribution in [2.45, 2.75) is 367 Å². The lowest BCUT2D eigenvalue weighted by molar-refractivity contribution is -0.161. The molecule has 0 aromatic rings. The van der Waals surface area contributed by atoms with Crippen molar-refractivity contribution in [2.24, 2.45) is 0 Å². The van der Waals surface area contributed by atoms with Crippen molar-refractivity contribution in [3.63, 3.8) is 0 Å². The Morgan fingerprint density at radius 1 is 0.269 bits per heavy atom. The second-order valence-electron chi connectivity index (χ2n) is 28.0. The third-order valence-electron chi connectivity index (χ3n) is 17.6. The summed E-state index contributed by atoms with van der Waals surface area (Å²) in [4.78, 5) is 73.2. The zero-order valence-electron chi connectivity index (χ0n) is 68.0. The second-order valence-corrected chi connectivity index (χ2v) is 30.9. The number of unbranched alkanes of at least 4 members (excludes halogenated alkanes) is 31. The average molecular weight is 1560 g/mol. The van der Waals surface area contributed by atoms with Gasteiger partial charge in [0.1, 0.15) is 19.3 Å². The Balaban J connectivity index is 5.41. The lowest BCUT2D eigenvalue weighted by atomic mass is 10.1. The van der Waals surface area contributed by atoms with Gasteiger partial charge < -0.3 is 33.8 Å². The van der Waals surface area contributed by atoms with E-state index in [0.717, 1.165) is 193 Å². The van der Waals surface area contributed by atoms with E-state index in [1.165, 1.54) is 77.0 Å². The third kappa shape index (κ3) is 79.3. The molecular formula is C89H152O17P2. The molecule has 5 unspecified atom stereocenters. The van der Waals surface area contributed by atoms with Gasteiger partial charge in [-0.15, -0.1) is 0 Å². The van der Waals surface area contributed by atoms with E-state index >= 15 is 0 Å². The average Bonchev–Trinajstić information content (AvgIpc) is 0.923. The Kier molecular flexibility index (Phi) is 76.7. The van der Waals surface area contributed by atoms with Crippen molar-refractivity contribution in [2.75, 3.05) is 39.6 Å². The molecule has 0 heterocycles. The lowest BCUT2D eigenvalue weighted by Gasteiger charge is -2.21. The molecule has 0 aliphatic heterocycles. The van der Waals surface area contributed by atoms with Crippen LogP contribution in [0.5, 0.6) is 0 Å². The molecule has 0 fully saturated rings. The summed E-state index contributed by atoms with van der Waals surface area (Å²) in [6.45, 7) is 4.61. The summed E-state index contributed by atoms with van der Waals surface area (Å²) in [7, 11) is -9.99. The van der Waals surface area contributed by atoms with Gasteiger partial charge in [0.15, 0.2) is 12.2 Å². The smallest absolute Gasteiger partial charge is 0.462 e. The monoisotopic (exact) mass is 1560 g/mol. The number of aliphatic hydroxyl groups is 1. The van der Waals surface area contributed by atoms with Crippen LogP contribution in [0.15, 0.2) is 134 Å². The van der Waals surface area contributed by atoms with Crippen LogP contribution in [0.2, 0.25) is 0 Å². The highest BCUT2D eigenvalue weighted by molar-refractivity contribution is 7.47. The maximum Gasteiger partial charge on any atom is 0.472 e. The first-order chi connectivity index (χ1) is 52.7. The van der Waals surface area contributed by atoms with Gasteiger partial charge in [-0.1, -0.05) is 296 Å². The molecule has 0 bridgehead atoms. The fourth-order valence-electron chi connectivity index (χ4n) is 11.2. The van der Waals surface area contributed by atoms with Crippen molar-refractivity contribution in [1.29, 1.82) is 0 Å². The number of rotatable bonds is 79. The van der Waals surface area contributed by atoms with Crippen molar-refractivity contribution in [3.05, 3.63) is 134 Å². The van der Waals surface area contributed by atoms with E-state index in [0.29, 0.717) is 25.7 Å². The molecule has 108 heavy (non-hydrogen) atoms. The van der Waals surface area contributed by atoms with E-state index < -0.39 is 97.5 Å². The topological polar surface area (TPSA) is 237 Å². The fourth-order valence-corrected chi connectivity index (χ4v) is 12.7. The molecule has 0 radical (unpaired) electrons. The van der Waals surface area contributed by atoms with E-state index in [9.17, 15) is 43.2 Å². The van der Waals surface area contributed by atoms with Gasteiger partial charge in [-0.05, 0) is 161 Å². The first-order valence-electron chi connectivity index (χ1n) is 42.4. The van der Waals surface area contributed by atoms with Crippen LogP contribution in [-0.4, -0.2) is 96.7 Å². The van der Waals surface area contributed by atoms with Gasteiger partial charge in [-0.25, -0.2) is 9.13 Å². The Morgan fingerprint density at radius 3 is 0.759 bits per heavy atom.